The van der Waals surface area contributed by atoms with Crippen LogP contribution in [0.4, 0.5) is 4.39 Å². The van der Waals surface area contributed by atoms with Gasteiger partial charge >= 0.3 is 5.97 Å². The van der Waals surface area contributed by atoms with Gasteiger partial charge in [-0.1, -0.05) is 44.7 Å². The Morgan fingerprint density at radius 3 is 2.53 bits per heavy atom. The van der Waals surface area contributed by atoms with Crippen LogP contribution < -0.4 is 4.74 Å². The minimum atomic E-state index is -0.692. The number of rotatable bonds is 6. The van der Waals surface area contributed by atoms with Crippen molar-refractivity contribution < 1.29 is 13.9 Å². The van der Waals surface area contributed by atoms with Crippen molar-refractivity contribution in [1.82, 2.24) is 0 Å². The van der Waals surface area contributed by atoms with Crippen LogP contribution in [0.2, 0.25) is 0 Å². The van der Waals surface area contributed by atoms with Gasteiger partial charge in [0.25, 0.3) is 0 Å². The van der Waals surface area contributed by atoms with Crippen molar-refractivity contribution in [3.05, 3.63) is 65.0 Å². The zero-order valence-electron chi connectivity index (χ0n) is 18.9. The van der Waals surface area contributed by atoms with Gasteiger partial charge < -0.3 is 4.74 Å². The Morgan fingerprint density at radius 1 is 1.06 bits per heavy atom. The molecular formula is C28H32FNO2. The van der Waals surface area contributed by atoms with Crippen molar-refractivity contribution in [2.45, 2.75) is 70.6 Å². The number of carbonyl (C=O) groups excluding carboxylic acids is 1. The first-order valence-electron chi connectivity index (χ1n) is 12.1. The molecule has 4 unspecified atom stereocenters. The maximum Gasteiger partial charge on any atom is 0.343 e. The standard InChI is InChI=1S/C28H32FNO2/c1-2-3-4-19-5-6-24-16-23(12-11-22(24)15-19)20-7-9-21(10-8-20)28(31)32-26-14-13-25(18-30)27(29)17-26/h7-10,13-14,17,19,22-24H,2-6,11-12,15-16H2,1H3. The van der Waals surface area contributed by atoms with E-state index in [4.69, 9.17) is 10.00 Å². The number of nitrogens with zero attached hydrogens (tertiary/aromatic N) is 1. The smallest absolute Gasteiger partial charge is 0.343 e. The van der Waals surface area contributed by atoms with E-state index < -0.39 is 11.8 Å². The SMILES string of the molecule is CCCCC1CCC2CC(c3ccc(C(=O)Oc4ccc(C#N)c(F)c4)cc3)CCC2C1. The normalized spacial score (nSPS) is 24.9. The second-order valence-corrected chi connectivity index (χ2v) is 9.62. The lowest BCUT2D eigenvalue weighted by Crippen LogP contribution is -2.30. The minimum Gasteiger partial charge on any atom is -0.423 e. The summed E-state index contributed by atoms with van der Waals surface area (Å²) in [7, 11) is 0. The molecule has 0 bridgehead atoms. The third-order valence-corrected chi connectivity index (χ3v) is 7.58. The van der Waals surface area contributed by atoms with Gasteiger partial charge in [-0.3, -0.25) is 0 Å². The molecule has 32 heavy (non-hydrogen) atoms. The lowest BCUT2D eigenvalue weighted by Gasteiger charge is -2.42. The van der Waals surface area contributed by atoms with Crippen molar-refractivity contribution in [2.75, 3.05) is 0 Å². The fourth-order valence-corrected chi connectivity index (χ4v) is 5.75. The Morgan fingerprint density at radius 2 is 1.81 bits per heavy atom. The molecule has 2 aromatic rings. The van der Waals surface area contributed by atoms with Crippen molar-refractivity contribution in [3.63, 3.8) is 0 Å². The number of unbranched alkanes of at least 4 members (excludes halogenated alkanes) is 1. The highest BCUT2D eigenvalue weighted by molar-refractivity contribution is 5.91. The predicted molar refractivity (Wildman–Crippen MR) is 123 cm³/mol. The summed E-state index contributed by atoms with van der Waals surface area (Å²) in [5.74, 6) is 2.16. The van der Waals surface area contributed by atoms with Crippen molar-refractivity contribution >= 4 is 5.97 Å². The van der Waals surface area contributed by atoms with E-state index in [0.717, 1.165) is 23.8 Å². The lowest BCUT2D eigenvalue weighted by atomic mass is 9.63. The fourth-order valence-electron chi connectivity index (χ4n) is 5.75. The van der Waals surface area contributed by atoms with Crippen LogP contribution in [0, 0.1) is 34.9 Å². The summed E-state index contributed by atoms with van der Waals surface area (Å²) in [6.45, 7) is 2.29. The molecule has 4 rings (SSSR count). The van der Waals surface area contributed by atoms with Gasteiger partial charge in [-0.05, 0) is 85.6 Å². The quantitative estimate of drug-likeness (QED) is 0.352. The predicted octanol–water partition coefficient (Wildman–Crippen LogP) is 7.41. The molecule has 0 aromatic heterocycles. The van der Waals surface area contributed by atoms with E-state index in [0.29, 0.717) is 11.5 Å². The van der Waals surface area contributed by atoms with E-state index in [9.17, 15) is 9.18 Å². The molecule has 4 heteroatoms. The summed E-state index contributed by atoms with van der Waals surface area (Å²) in [6.07, 6.45) is 12.1. The lowest BCUT2D eigenvalue weighted by molar-refractivity contribution is 0.0734. The molecule has 4 atom stereocenters. The molecule has 0 amide bonds. The molecule has 2 aliphatic carbocycles. The van der Waals surface area contributed by atoms with Gasteiger partial charge in [-0.25, -0.2) is 9.18 Å². The molecule has 2 fully saturated rings. The number of esters is 1. The molecule has 0 radical (unpaired) electrons. The van der Waals surface area contributed by atoms with Crippen LogP contribution in [-0.4, -0.2) is 5.97 Å². The topological polar surface area (TPSA) is 50.1 Å². The van der Waals surface area contributed by atoms with E-state index in [1.54, 1.807) is 6.07 Å². The van der Waals surface area contributed by atoms with Gasteiger partial charge in [-0.15, -0.1) is 0 Å². The van der Waals surface area contributed by atoms with E-state index in [1.807, 2.05) is 24.3 Å². The minimum absolute atomic E-state index is 0.0710. The van der Waals surface area contributed by atoms with Crippen LogP contribution >= 0.6 is 0 Å². The van der Waals surface area contributed by atoms with E-state index in [-0.39, 0.29) is 11.3 Å². The summed E-state index contributed by atoms with van der Waals surface area (Å²) in [4.78, 5) is 12.5. The molecule has 168 valence electrons. The van der Waals surface area contributed by atoms with Crippen LogP contribution in [0.5, 0.6) is 5.75 Å². The van der Waals surface area contributed by atoms with Gasteiger partial charge in [0.2, 0.25) is 0 Å². The highest BCUT2D eigenvalue weighted by Crippen LogP contribution is 2.48. The summed E-state index contributed by atoms with van der Waals surface area (Å²) in [5.41, 5.74) is 1.68. The largest absolute Gasteiger partial charge is 0.423 e. The molecule has 0 spiro atoms. The number of hydrogen-bond acceptors (Lipinski definition) is 3. The fraction of sp³-hybridized carbons (Fsp3) is 0.500. The van der Waals surface area contributed by atoms with Crippen molar-refractivity contribution in [3.8, 4) is 11.8 Å². The Bertz CT molecular complexity index is 978. The molecule has 3 nitrogen and oxygen atoms in total. The number of hydrogen-bond donors (Lipinski definition) is 0. The average molecular weight is 434 g/mol. The number of nitriles is 1. The zero-order chi connectivity index (χ0) is 22.5. The number of ether oxygens (including phenoxy) is 1. The average Bonchev–Trinajstić information content (AvgIpc) is 2.82. The van der Waals surface area contributed by atoms with Gasteiger partial charge in [0.05, 0.1) is 11.1 Å². The second-order valence-electron chi connectivity index (χ2n) is 9.62. The van der Waals surface area contributed by atoms with Gasteiger partial charge in [0.15, 0.2) is 0 Å². The molecule has 2 saturated carbocycles. The first-order chi connectivity index (χ1) is 15.6. The molecule has 2 aromatic carbocycles. The Balaban J connectivity index is 1.33. The Kier molecular flexibility index (Phi) is 7.25. The third kappa shape index (κ3) is 5.21. The van der Waals surface area contributed by atoms with Crippen molar-refractivity contribution in [1.29, 1.82) is 5.26 Å². The molecule has 0 N–H and O–H groups in total. The van der Waals surface area contributed by atoms with E-state index in [2.05, 4.69) is 6.92 Å². The molecular weight excluding hydrogens is 401 g/mol. The maximum atomic E-state index is 13.7. The highest BCUT2D eigenvalue weighted by Gasteiger charge is 2.35. The maximum absolute atomic E-state index is 13.7. The number of carbonyl (C=O) groups is 1. The zero-order valence-corrected chi connectivity index (χ0v) is 18.9. The van der Waals surface area contributed by atoms with Gasteiger partial charge in [-0.2, -0.15) is 5.26 Å². The van der Waals surface area contributed by atoms with Crippen LogP contribution in [0.15, 0.2) is 42.5 Å². The molecule has 0 aliphatic heterocycles. The number of benzene rings is 2. The molecule has 0 saturated heterocycles. The molecule has 0 heterocycles. The molecule has 2 aliphatic rings. The Hall–Kier alpha value is -2.67. The monoisotopic (exact) mass is 433 g/mol. The van der Waals surface area contributed by atoms with Crippen LogP contribution in [-0.2, 0) is 0 Å². The van der Waals surface area contributed by atoms with Crippen LogP contribution in [0.1, 0.15) is 92.1 Å². The van der Waals surface area contributed by atoms with Crippen LogP contribution in [0.3, 0.4) is 0 Å². The van der Waals surface area contributed by atoms with Gasteiger partial charge in [0.1, 0.15) is 17.6 Å². The number of fused-ring (bicyclic) bond motifs is 1. The second kappa shape index (κ2) is 10.3. The summed E-state index contributed by atoms with van der Waals surface area (Å²) in [6, 6.07) is 13.3. The van der Waals surface area contributed by atoms with Gasteiger partial charge in [0, 0.05) is 6.07 Å². The highest BCUT2D eigenvalue weighted by atomic mass is 19.1. The van der Waals surface area contributed by atoms with Crippen molar-refractivity contribution in [2.24, 2.45) is 17.8 Å². The first-order valence-corrected chi connectivity index (χ1v) is 12.1. The Labute approximate surface area is 190 Å². The first kappa shape index (κ1) is 22.5. The number of halogens is 1. The van der Waals surface area contributed by atoms with E-state index in [1.165, 1.54) is 75.5 Å². The summed E-state index contributed by atoms with van der Waals surface area (Å²) < 4.78 is 19.0. The summed E-state index contributed by atoms with van der Waals surface area (Å²) >= 11 is 0. The summed E-state index contributed by atoms with van der Waals surface area (Å²) in [5, 5.41) is 8.81. The van der Waals surface area contributed by atoms with Crippen LogP contribution in [0.25, 0.3) is 0 Å². The third-order valence-electron chi connectivity index (χ3n) is 7.58. The van der Waals surface area contributed by atoms with E-state index >= 15 is 0 Å².